The topological polar surface area (TPSA) is 256 Å². The van der Waals surface area contributed by atoms with Crippen molar-refractivity contribution >= 4 is 46.4 Å². The third-order valence-electron chi connectivity index (χ3n) is 33.1. The van der Waals surface area contributed by atoms with Gasteiger partial charge in [-0.25, -0.2) is 15.0 Å². The molecule has 4 saturated heterocycles. The van der Waals surface area contributed by atoms with Crippen LogP contribution in [0.4, 0.5) is 22.7 Å². The summed E-state index contributed by atoms with van der Waals surface area (Å²) in [5.41, 5.74) is 13.7. The minimum absolute atomic E-state index is 0. The van der Waals surface area contributed by atoms with E-state index in [9.17, 15) is 19.2 Å². The Balaban J connectivity index is 0.000000101. The van der Waals surface area contributed by atoms with E-state index in [1.165, 1.54) is 145 Å². The molecule has 24 rings (SSSR count). The number of oxazole rings is 3. The number of fused-ring (bicyclic) bond motifs is 8. The van der Waals surface area contributed by atoms with Gasteiger partial charge in [0.2, 0.25) is 29.5 Å². The number of ether oxygens (including phenoxy) is 1. The highest BCUT2D eigenvalue weighted by Gasteiger charge is 2.61. The first kappa shape index (κ1) is 78.7. The number of benzene rings is 4. The predicted octanol–water partition coefficient (Wildman–Crippen LogP) is 17.5. The van der Waals surface area contributed by atoms with Gasteiger partial charge in [0.05, 0.1) is 45.9 Å². The average Bonchev–Trinajstić information content (AvgIpc) is 1.37. The Morgan fingerprint density at radius 2 is 0.697 bits per heavy atom. The normalized spacial score (nSPS) is 27.7. The van der Waals surface area contributed by atoms with Gasteiger partial charge >= 0.3 is 0 Å². The molecule has 0 unspecified atom stereocenters. The molecule has 4 amide bonds. The fraction of sp³-hybridized carbons (Fsp3) is 0.598. The fourth-order valence-corrected chi connectivity index (χ4v) is 26.6. The summed E-state index contributed by atoms with van der Waals surface area (Å²) in [6, 6.07) is 31.4. The molecule has 16 aliphatic rings. The number of anilines is 4. The van der Waals surface area contributed by atoms with Gasteiger partial charge in [0.25, 0.3) is 0 Å². The van der Waals surface area contributed by atoms with Crippen molar-refractivity contribution in [1.29, 1.82) is 0 Å². The molecule has 119 heavy (non-hydrogen) atoms. The Labute approximate surface area is 700 Å². The van der Waals surface area contributed by atoms with Crippen LogP contribution in [0.5, 0.6) is 5.75 Å². The molecular weight excluding hydrogens is 1490 g/mol. The number of hydrogen-bond donors (Lipinski definition) is 4. The number of methoxy groups -OCH3 is 1. The van der Waals surface area contributed by atoms with Gasteiger partial charge in [-0.05, 0) is 308 Å². The molecule has 0 atom stereocenters. The molecule has 8 aromatic rings. The number of carbonyl (C=O) groups is 4. The summed E-state index contributed by atoms with van der Waals surface area (Å²) in [5, 5.41) is 16.4. The molecule has 22 nitrogen and oxygen atoms in total. The van der Waals surface area contributed by atoms with Gasteiger partial charge in [-0.3, -0.25) is 38.8 Å². The number of rotatable bonds is 9. The quantitative estimate of drug-likeness (QED) is 0.105. The van der Waals surface area contributed by atoms with Crippen LogP contribution < -0.4 is 26.0 Å². The summed E-state index contributed by atoms with van der Waals surface area (Å²) in [7, 11) is 1.69. The SMILES string of the molecule is C.COc1ccc2c(c1)C1(CCC(N3CCC4(CC(c5nc(C)co5)C4)C3)CC1)C(=O)N2.Cc1ccc2c(c1)C1(CCC(N3CCC4(CC(c5nc(C)co5)C4)C3)CC1)C(=O)N2.Cc1coc(C2CC3(CCN(C4CCC5(CC4)C(=O)Nc4ccccc45)C3)C2)n1.Cc1noc(C2CC3(C2)CN(C2CCC4(CC2)C(=O)Nc2ccccc24)C3)n1. The summed E-state index contributed by atoms with van der Waals surface area (Å²) >= 11 is 0. The molecule has 0 bridgehead atoms. The van der Waals surface area contributed by atoms with Crippen LogP contribution in [0.1, 0.15) is 279 Å². The van der Waals surface area contributed by atoms with E-state index < -0.39 is 0 Å². The Morgan fingerprint density at radius 1 is 0.370 bits per heavy atom. The number of para-hydroxylation sites is 2. The van der Waals surface area contributed by atoms with Crippen molar-refractivity contribution < 1.29 is 41.7 Å². The van der Waals surface area contributed by atoms with E-state index in [4.69, 9.17) is 22.5 Å². The van der Waals surface area contributed by atoms with E-state index in [1.807, 2.05) is 64.1 Å². The second-order valence-corrected chi connectivity index (χ2v) is 40.3. The first-order chi connectivity index (χ1) is 57.1. The number of hydrogen-bond acceptors (Lipinski definition) is 18. The molecule has 4 aromatic carbocycles. The Morgan fingerprint density at radius 3 is 1.06 bits per heavy atom. The zero-order valence-electron chi connectivity index (χ0n) is 69.9. The highest BCUT2D eigenvalue weighted by atomic mass is 16.5. The van der Waals surface area contributed by atoms with Crippen LogP contribution in [-0.2, 0) is 40.8 Å². The molecule has 8 saturated carbocycles. The minimum atomic E-state index is -0.373. The van der Waals surface area contributed by atoms with Gasteiger partial charge in [0.15, 0.2) is 23.5 Å². The van der Waals surface area contributed by atoms with Crippen molar-refractivity contribution in [3.05, 3.63) is 178 Å². The van der Waals surface area contributed by atoms with E-state index in [0.29, 0.717) is 69.5 Å². The van der Waals surface area contributed by atoms with E-state index >= 15 is 0 Å². The van der Waals surface area contributed by atoms with Crippen molar-refractivity contribution in [3.8, 4) is 5.75 Å². The van der Waals surface area contributed by atoms with E-state index in [2.05, 4.69) is 121 Å². The number of amides is 4. The summed E-state index contributed by atoms with van der Waals surface area (Å²) in [6.07, 6.45) is 35.4. The van der Waals surface area contributed by atoms with Crippen LogP contribution in [0, 0.1) is 56.3 Å². The minimum Gasteiger partial charge on any atom is -0.497 e. The van der Waals surface area contributed by atoms with E-state index in [-0.39, 0.29) is 52.7 Å². The molecule has 22 heteroatoms. The lowest BCUT2D eigenvalue weighted by Gasteiger charge is -2.61. The molecule has 8 spiro atoms. The Bertz CT molecular complexity index is 5160. The Kier molecular flexibility index (Phi) is 19.7. The molecule has 8 aliphatic carbocycles. The van der Waals surface area contributed by atoms with Gasteiger partial charge in [-0.1, -0.05) is 66.7 Å². The Hall–Kier alpha value is -8.83. The number of nitrogens with zero attached hydrogens (tertiary/aromatic N) is 9. The highest BCUT2D eigenvalue weighted by Crippen LogP contribution is 2.63. The second kappa shape index (κ2) is 29.8. The maximum Gasteiger partial charge on any atom is 0.235 e. The number of aromatic nitrogens is 5. The third-order valence-corrected chi connectivity index (χ3v) is 33.1. The maximum atomic E-state index is 13.0. The second-order valence-electron chi connectivity index (χ2n) is 40.3. The number of carbonyl (C=O) groups excluding carboxylic acids is 4. The summed E-state index contributed by atoms with van der Waals surface area (Å²) in [5.74, 6) is 8.02. The molecule has 12 fully saturated rings. The lowest BCUT2D eigenvalue weighted by atomic mass is 9.57. The van der Waals surface area contributed by atoms with Gasteiger partial charge in [0.1, 0.15) is 24.5 Å². The monoisotopic (exact) mass is 1610 g/mol. The smallest absolute Gasteiger partial charge is 0.235 e. The van der Waals surface area contributed by atoms with Crippen LogP contribution in [0.2, 0.25) is 0 Å². The van der Waals surface area contributed by atoms with Crippen LogP contribution in [0.15, 0.2) is 121 Å². The standard InChI is InChI=1S/C25H31N3O3.C25H31N3O2.C24H29N3O2.C22H26N4O2.CH4/c1-16-14-31-22(26-16)17-12-24(13-17)9-10-28(15-24)18-5-7-25(8-6-18)20-11-19(30-2)3-4-21(20)27-23(25)29;1-16-3-4-21-20(11-16)25(23(29)27-21)7-5-19(6-8-25)28-10-9-24(15-28)12-18(13-24)22-26-17(2)14-30-22;1-16-14-29-21(25-16)17-12-23(13-17)10-11-27(15-23)18-6-8-24(9-7-18)19-4-2-3-5-20(19)26-22(24)28;1-14-23-19(28-25-14)15-10-21(11-15)12-26(13-21)16-6-8-22(9-7-16)17-4-2-3-5-18(17)24-20(22)27;/h3-4,11,14,17-18H,5-10,12-13,15H2,1-2H3,(H,27,29);3-4,11,14,18-19H,5-10,12-13,15H2,1-2H3,(H,27,29);2-5,14,17-18H,6-13,15H2,1H3,(H,26,28);2-5,15-16H,6-13H2,1H3,(H,24,27);1H4. The van der Waals surface area contributed by atoms with Gasteiger partial charge < -0.3 is 43.8 Å². The van der Waals surface area contributed by atoms with Crippen LogP contribution >= 0.6 is 0 Å². The van der Waals surface area contributed by atoms with Crippen LogP contribution in [0.3, 0.4) is 0 Å². The molecule has 0 radical (unpaired) electrons. The molecule has 628 valence electrons. The van der Waals surface area contributed by atoms with E-state index in [1.54, 1.807) is 25.9 Å². The highest BCUT2D eigenvalue weighted by molar-refractivity contribution is 6.08. The molecule has 4 N–H and O–H groups in total. The first-order valence-electron chi connectivity index (χ1n) is 44.9. The van der Waals surface area contributed by atoms with Crippen molar-refractivity contribution in [2.45, 2.75) is 285 Å². The zero-order chi connectivity index (χ0) is 80.3. The molecular formula is C97H121N13O9. The molecule has 12 heterocycles. The van der Waals surface area contributed by atoms with Crippen LogP contribution in [0.25, 0.3) is 0 Å². The largest absolute Gasteiger partial charge is 0.497 e. The molecule has 8 aliphatic heterocycles. The fourth-order valence-electron chi connectivity index (χ4n) is 26.6. The van der Waals surface area contributed by atoms with Crippen molar-refractivity contribution in [2.75, 3.05) is 80.7 Å². The van der Waals surface area contributed by atoms with E-state index in [0.717, 1.165) is 183 Å². The first-order valence-corrected chi connectivity index (χ1v) is 44.9. The lowest BCUT2D eigenvalue weighted by molar-refractivity contribution is -0.126. The van der Waals surface area contributed by atoms with Gasteiger partial charge in [0, 0.05) is 103 Å². The van der Waals surface area contributed by atoms with Gasteiger partial charge in [-0.15, -0.1) is 0 Å². The third kappa shape index (κ3) is 13.6. The average molecular weight is 1610 g/mol. The lowest BCUT2D eigenvalue weighted by Crippen LogP contribution is -2.65. The van der Waals surface area contributed by atoms with Crippen molar-refractivity contribution in [2.24, 2.45) is 21.7 Å². The zero-order valence-corrected chi connectivity index (χ0v) is 69.9. The maximum absolute atomic E-state index is 13.0. The number of likely N-dealkylation sites (tertiary alicyclic amines) is 4. The van der Waals surface area contributed by atoms with Crippen molar-refractivity contribution in [1.82, 2.24) is 44.7 Å². The molecule has 4 aromatic heterocycles. The van der Waals surface area contributed by atoms with Crippen molar-refractivity contribution in [3.63, 3.8) is 0 Å². The number of aryl methyl sites for hydroxylation is 5. The van der Waals surface area contributed by atoms with Gasteiger partial charge in [-0.2, -0.15) is 4.98 Å². The number of nitrogens with one attached hydrogen (secondary N) is 4. The summed E-state index contributed by atoms with van der Waals surface area (Å²) in [4.78, 5) is 80.4. The van der Waals surface area contributed by atoms with Crippen LogP contribution in [-0.4, -0.2) is 152 Å². The summed E-state index contributed by atoms with van der Waals surface area (Å²) < 4.78 is 27.7. The summed E-state index contributed by atoms with van der Waals surface area (Å²) in [6.45, 7) is 19.6. The predicted molar refractivity (Wildman–Crippen MR) is 455 cm³/mol.